The van der Waals surface area contributed by atoms with Gasteiger partial charge in [0.2, 0.25) is 0 Å². The Hall–Kier alpha value is -1.36. The molecule has 0 aromatic carbocycles. The minimum atomic E-state index is 0.131. The lowest BCUT2D eigenvalue weighted by Crippen LogP contribution is -2.45. The van der Waals surface area contributed by atoms with Gasteiger partial charge in [0.1, 0.15) is 18.0 Å². The van der Waals surface area contributed by atoms with E-state index in [1.54, 1.807) is 6.33 Å². The number of anilines is 2. The van der Waals surface area contributed by atoms with Crippen molar-refractivity contribution in [3.05, 3.63) is 12.4 Å². The van der Waals surface area contributed by atoms with Crippen LogP contribution in [-0.4, -0.2) is 41.3 Å². The molecule has 2 aliphatic heterocycles. The molecule has 2 atom stereocenters. The minimum Gasteiger partial charge on any atom is -0.375 e. The quantitative estimate of drug-likeness (QED) is 0.898. The van der Waals surface area contributed by atoms with E-state index in [0.717, 1.165) is 50.1 Å². The highest BCUT2D eigenvalue weighted by Crippen LogP contribution is 2.39. The van der Waals surface area contributed by atoms with Crippen LogP contribution in [-0.2, 0) is 4.74 Å². The predicted octanol–water partition coefficient (Wildman–Crippen LogP) is 4.01. The summed E-state index contributed by atoms with van der Waals surface area (Å²) in [6.07, 6.45) is 13.0. The molecule has 1 aliphatic carbocycles. The second-order valence-corrected chi connectivity index (χ2v) is 8.38. The largest absolute Gasteiger partial charge is 0.375 e. The molecule has 0 amide bonds. The summed E-state index contributed by atoms with van der Waals surface area (Å²) in [6.45, 7) is 5.43. The molecule has 4 rings (SSSR count). The average molecular weight is 345 g/mol. The van der Waals surface area contributed by atoms with Crippen LogP contribution < -0.4 is 10.2 Å². The van der Waals surface area contributed by atoms with E-state index < -0.39 is 0 Å². The van der Waals surface area contributed by atoms with Gasteiger partial charge in [-0.2, -0.15) is 0 Å². The number of piperidine rings is 1. The fourth-order valence-corrected chi connectivity index (χ4v) is 4.90. The van der Waals surface area contributed by atoms with Crippen LogP contribution in [0.25, 0.3) is 0 Å². The van der Waals surface area contributed by atoms with Gasteiger partial charge in [-0.3, -0.25) is 0 Å². The zero-order chi connectivity index (χ0) is 17.1. The van der Waals surface area contributed by atoms with Crippen molar-refractivity contribution in [1.82, 2.24) is 9.97 Å². The maximum atomic E-state index is 6.22. The van der Waals surface area contributed by atoms with Crippen LogP contribution in [0.1, 0.15) is 64.7 Å². The molecule has 1 N–H and O–H groups in total. The maximum Gasteiger partial charge on any atom is 0.134 e. The first kappa shape index (κ1) is 17.1. The zero-order valence-corrected chi connectivity index (χ0v) is 15.5. The van der Waals surface area contributed by atoms with E-state index in [-0.39, 0.29) is 5.60 Å². The van der Waals surface area contributed by atoms with Gasteiger partial charge in [-0.25, -0.2) is 9.97 Å². The van der Waals surface area contributed by atoms with Crippen molar-refractivity contribution < 1.29 is 4.74 Å². The first-order valence-corrected chi connectivity index (χ1v) is 10.2. The van der Waals surface area contributed by atoms with Gasteiger partial charge in [-0.05, 0) is 44.4 Å². The third-order valence-corrected chi connectivity index (χ3v) is 6.24. The molecule has 5 nitrogen and oxygen atoms in total. The van der Waals surface area contributed by atoms with E-state index in [4.69, 9.17) is 4.74 Å². The molecule has 3 heterocycles. The Balaban J connectivity index is 1.41. The highest BCUT2D eigenvalue weighted by molar-refractivity contribution is 5.49. The summed E-state index contributed by atoms with van der Waals surface area (Å²) in [5.74, 6) is 2.80. The van der Waals surface area contributed by atoms with Crippen LogP contribution in [0.2, 0.25) is 0 Å². The SMILES string of the molecule is CC1CCCN(c2cc(NC3CCOC4(CCCCC4)C3)ncn2)C1. The van der Waals surface area contributed by atoms with Gasteiger partial charge in [-0.1, -0.05) is 26.2 Å². The Kier molecular flexibility index (Phi) is 5.11. The van der Waals surface area contributed by atoms with Crippen LogP contribution in [0.4, 0.5) is 11.6 Å². The average Bonchev–Trinajstić information content (AvgIpc) is 2.63. The first-order chi connectivity index (χ1) is 12.2. The predicted molar refractivity (Wildman–Crippen MR) is 101 cm³/mol. The molecule has 0 bridgehead atoms. The standard InChI is InChI=1S/C20H32N4O/c1-16-6-5-10-24(14-16)19-12-18(21-15-22-19)23-17-7-11-25-20(13-17)8-3-2-4-9-20/h12,15-17H,2-11,13-14H2,1H3,(H,21,22,23). The summed E-state index contributed by atoms with van der Waals surface area (Å²) in [6, 6.07) is 2.61. The van der Waals surface area contributed by atoms with E-state index in [1.807, 2.05) is 0 Å². The molecule has 0 radical (unpaired) electrons. The van der Waals surface area contributed by atoms with Crippen molar-refractivity contribution in [2.75, 3.05) is 29.9 Å². The van der Waals surface area contributed by atoms with Gasteiger partial charge in [0, 0.05) is 31.8 Å². The van der Waals surface area contributed by atoms with Crippen molar-refractivity contribution in [1.29, 1.82) is 0 Å². The number of nitrogens with zero attached hydrogens (tertiary/aromatic N) is 3. The van der Waals surface area contributed by atoms with Crippen LogP contribution >= 0.6 is 0 Å². The Morgan fingerprint density at radius 2 is 2.04 bits per heavy atom. The van der Waals surface area contributed by atoms with Gasteiger partial charge in [0.25, 0.3) is 0 Å². The number of rotatable bonds is 3. The molecule has 3 aliphatic rings. The monoisotopic (exact) mass is 344 g/mol. The van der Waals surface area contributed by atoms with Crippen LogP contribution in [0.15, 0.2) is 12.4 Å². The highest BCUT2D eigenvalue weighted by atomic mass is 16.5. The van der Waals surface area contributed by atoms with E-state index in [1.165, 1.54) is 44.9 Å². The Morgan fingerprint density at radius 3 is 2.88 bits per heavy atom. The van der Waals surface area contributed by atoms with Crippen molar-refractivity contribution >= 4 is 11.6 Å². The molecule has 2 unspecified atom stereocenters. The minimum absolute atomic E-state index is 0.131. The molecule has 1 aromatic heterocycles. The molecule has 1 saturated carbocycles. The first-order valence-electron chi connectivity index (χ1n) is 10.2. The van der Waals surface area contributed by atoms with Crippen molar-refractivity contribution in [2.24, 2.45) is 5.92 Å². The van der Waals surface area contributed by atoms with E-state index in [2.05, 4.69) is 33.2 Å². The second-order valence-electron chi connectivity index (χ2n) is 8.38. The number of aromatic nitrogens is 2. The summed E-state index contributed by atoms with van der Waals surface area (Å²) >= 11 is 0. The van der Waals surface area contributed by atoms with Crippen molar-refractivity contribution in [3.8, 4) is 0 Å². The Bertz CT molecular complexity index is 567. The van der Waals surface area contributed by atoms with Crippen LogP contribution in [0, 0.1) is 5.92 Å². The molecule has 25 heavy (non-hydrogen) atoms. The molecular weight excluding hydrogens is 312 g/mol. The van der Waals surface area contributed by atoms with Crippen molar-refractivity contribution in [3.63, 3.8) is 0 Å². The number of hydrogen-bond donors (Lipinski definition) is 1. The third kappa shape index (κ3) is 4.08. The van der Waals surface area contributed by atoms with Crippen LogP contribution in [0.5, 0.6) is 0 Å². The topological polar surface area (TPSA) is 50.3 Å². The maximum absolute atomic E-state index is 6.22. The normalized spacial score (nSPS) is 29.6. The number of ether oxygens (including phenoxy) is 1. The molecule has 3 fully saturated rings. The Morgan fingerprint density at radius 1 is 1.16 bits per heavy atom. The van der Waals surface area contributed by atoms with Gasteiger partial charge in [0.15, 0.2) is 0 Å². The molecule has 2 saturated heterocycles. The third-order valence-electron chi connectivity index (χ3n) is 6.24. The van der Waals surface area contributed by atoms with E-state index in [9.17, 15) is 0 Å². The molecule has 1 spiro atoms. The molecule has 1 aromatic rings. The van der Waals surface area contributed by atoms with E-state index >= 15 is 0 Å². The molecule has 138 valence electrons. The lowest BCUT2D eigenvalue weighted by atomic mass is 9.78. The summed E-state index contributed by atoms with van der Waals surface area (Å²) in [7, 11) is 0. The van der Waals surface area contributed by atoms with Crippen LogP contribution in [0.3, 0.4) is 0 Å². The van der Waals surface area contributed by atoms with E-state index in [0.29, 0.717) is 6.04 Å². The zero-order valence-electron chi connectivity index (χ0n) is 15.5. The highest BCUT2D eigenvalue weighted by Gasteiger charge is 2.38. The Labute approximate surface area is 151 Å². The van der Waals surface area contributed by atoms with Gasteiger partial charge >= 0.3 is 0 Å². The lowest BCUT2D eigenvalue weighted by molar-refractivity contribution is -0.103. The fraction of sp³-hybridized carbons (Fsp3) is 0.800. The van der Waals surface area contributed by atoms with Crippen molar-refractivity contribution in [2.45, 2.75) is 76.4 Å². The van der Waals surface area contributed by atoms with Gasteiger partial charge in [0.05, 0.1) is 5.60 Å². The number of nitrogens with one attached hydrogen (secondary N) is 1. The fourth-order valence-electron chi connectivity index (χ4n) is 4.90. The lowest BCUT2D eigenvalue weighted by Gasteiger charge is -2.43. The molecular formula is C20H32N4O. The second kappa shape index (κ2) is 7.48. The van der Waals surface area contributed by atoms with Gasteiger partial charge in [-0.15, -0.1) is 0 Å². The molecule has 5 heteroatoms. The van der Waals surface area contributed by atoms with Gasteiger partial charge < -0.3 is 15.0 Å². The summed E-state index contributed by atoms with van der Waals surface area (Å²) in [5.41, 5.74) is 0.131. The summed E-state index contributed by atoms with van der Waals surface area (Å²) in [4.78, 5) is 11.4. The summed E-state index contributed by atoms with van der Waals surface area (Å²) in [5, 5.41) is 3.69. The smallest absolute Gasteiger partial charge is 0.134 e. The number of hydrogen-bond acceptors (Lipinski definition) is 5. The summed E-state index contributed by atoms with van der Waals surface area (Å²) < 4.78 is 6.22.